The zero-order valence-corrected chi connectivity index (χ0v) is 17.6. The molecule has 0 aliphatic rings. The lowest BCUT2D eigenvalue weighted by Gasteiger charge is -2.19. The minimum absolute atomic E-state index is 0.169. The molecule has 32 heavy (non-hydrogen) atoms. The van der Waals surface area contributed by atoms with E-state index in [9.17, 15) is 28.3 Å². The van der Waals surface area contributed by atoms with E-state index in [0.29, 0.717) is 16.8 Å². The summed E-state index contributed by atoms with van der Waals surface area (Å²) in [6.07, 6.45) is -0.426. The number of hydrogen-bond donors (Lipinski definition) is 5. The third-order valence-corrected chi connectivity index (χ3v) is 4.70. The molecule has 2 amide bonds. The van der Waals surface area contributed by atoms with Crippen LogP contribution in [0.1, 0.15) is 33.9 Å². The number of aliphatic carboxylic acids is 1. The van der Waals surface area contributed by atoms with Gasteiger partial charge in [-0.15, -0.1) is 0 Å². The van der Waals surface area contributed by atoms with E-state index in [0.717, 1.165) is 0 Å². The van der Waals surface area contributed by atoms with E-state index < -0.39 is 47.9 Å². The van der Waals surface area contributed by atoms with Gasteiger partial charge >= 0.3 is 5.97 Å². The first-order valence-electron chi connectivity index (χ1n) is 9.28. The Bertz CT molecular complexity index is 1050. The van der Waals surface area contributed by atoms with Gasteiger partial charge in [0.15, 0.2) is 5.96 Å². The van der Waals surface area contributed by atoms with Crippen molar-refractivity contribution in [2.24, 2.45) is 16.5 Å². The van der Waals surface area contributed by atoms with Crippen LogP contribution in [-0.2, 0) is 26.4 Å². The Morgan fingerprint density at radius 1 is 1.12 bits per heavy atom. The molecule has 0 aliphatic heterocycles. The van der Waals surface area contributed by atoms with E-state index in [1.165, 1.54) is 18.2 Å². The number of aliphatic imine (C=N–C) groups is 1. The van der Waals surface area contributed by atoms with Crippen LogP contribution in [0.25, 0.3) is 0 Å². The van der Waals surface area contributed by atoms with Crippen molar-refractivity contribution in [2.45, 2.75) is 18.2 Å². The smallest absolute Gasteiger partial charge is 0.305 e. The van der Waals surface area contributed by atoms with Crippen molar-refractivity contribution in [3.8, 4) is 0 Å². The molecule has 2 rings (SSSR count). The second-order valence-electron chi connectivity index (χ2n) is 6.68. The summed E-state index contributed by atoms with van der Waals surface area (Å²) in [6, 6.07) is 11.4. The van der Waals surface area contributed by atoms with Gasteiger partial charge in [-0.2, -0.15) is 0 Å². The maximum absolute atomic E-state index is 12.3. The number of guanidine groups is 1. The van der Waals surface area contributed by atoms with Crippen LogP contribution in [0, 0.1) is 0 Å². The van der Waals surface area contributed by atoms with Gasteiger partial charge in [0, 0.05) is 11.3 Å². The fourth-order valence-electron chi connectivity index (χ4n) is 2.84. The number of nitrogens with two attached hydrogens (primary N) is 2. The highest BCUT2D eigenvalue weighted by molar-refractivity contribution is 7.78. The van der Waals surface area contributed by atoms with Crippen LogP contribution in [0.3, 0.4) is 0 Å². The Labute approximate surface area is 186 Å². The largest absolute Gasteiger partial charge is 0.772 e. The highest BCUT2D eigenvalue weighted by Gasteiger charge is 2.19. The lowest BCUT2D eigenvalue weighted by molar-refractivity contribution is -0.137. The molecule has 2 aromatic rings. The van der Waals surface area contributed by atoms with E-state index >= 15 is 0 Å². The van der Waals surface area contributed by atoms with Gasteiger partial charge in [0.1, 0.15) is 0 Å². The van der Waals surface area contributed by atoms with Gasteiger partial charge in [-0.05, 0) is 29.3 Å². The first kappa shape index (κ1) is 24.5. The zero-order chi connectivity index (χ0) is 23.7. The summed E-state index contributed by atoms with van der Waals surface area (Å²) < 4.78 is 21.8. The molecule has 0 fully saturated rings. The highest BCUT2D eigenvalue weighted by atomic mass is 32.2. The van der Waals surface area contributed by atoms with E-state index in [1.54, 1.807) is 30.3 Å². The third kappa shape index (κ3) is 8.16. The molecule has 0 spiro atoms. The quantitative estimate of drug-likeness (QED) is 0.186. The van der Waals surface area contributed by atoms with Crippen LogP contribution in [-0.4, -0.2) is 44.2 Å². The predicted molar refractivity (Wildman–Crippen MR) is 116 cm³/mol. The SMILES string of the molecule is NC(N)=Nc1cccc(C(=O)NCC(=O)NC(CC(=O)O)c2cccc(CS(=O)[O-])c2)c1. The number of rotatable bonds is 10. The minimum atomic E-state index is -2.31. The molecule has 0 saturated carbocycles. The van der Waals surface area contributed by atoms with E-state index in [4.69, 9.17) is 11.5 Å². The van der Waals surface area contributed by atoms with Gasteiger partial charge in [-0.25, -0.2) is 4.99 Å². The van der Waals surface area contributed by atoms with E-state index in [2.05, 4.69) is 15.6 Å². The van der Waals surface area contributed by atoms with Crippen LogP contribution in [0.4, 0.5) is 5.69 Å². The maximum Gasteiger partial charge on any atom is 0.305 e. The zero-order valence-electron chi connectivity index (χ0n) is 16.8. The Hall–Kier alpha value is -3.77. The third-order valence-electron chi connectivity index (χ3n) is 4.13. The normalized spacial score (nSPS) is 12.3. The van der Waals surface area contributed by atoms with Gasteiger partial charge in [0.25, 0.3) is 5.91 Å². The van der Waals surface area contributed by atoms with E-state index in [1.807, 2.05) is 0 Å². The number of nitrogens with zero attached hydrogens (tertiary/aromatic N) is 1. The van der Waals surface area contributed by atoms with Crippen molar-refractivity contribution in [3.05, 3.63) is 65.2 Å². The Kier molecular flexibility index (Phi) is 8.86. The predicted octanol–water partition coefficient (Wildman–Crippen LogP) is 0.0326. The number of carbonyl (C=O) groups is 3. The number of benzene rings is 2. The molecule has 2 unspecified atom stereocenters. The van der Waals surface area contributed by atoms with Crippen LogP contribution in [0.5, 0.6) is 0 Å². The fraction of sp³-hybridized carbons (Fsp3) is 0.200. The monoisotopic (exact) mass is 460 g/mol. The van der Waals surface area contributed by atoms with Crippen molar-refractivity contribution >= 4 is 40.5 Å². The van der Waals surface area contributed by atoms with Crippen LogP contribution >= 0.6 is 0 Å². The average molecular weight is 460 g/mol. The number of carboxylic acids is 1. The maximum atomic E-state index is 12.3. The number of amides is 2. The molecule has 2 aromatic carbocycles. The minimum Gasteiger partial charge on any atom is -0.772 e. The van der Waals surface area contributed by atoms with Crippen molar-refractivity contribution in [3.63, 3.8) is 0 Å². The lowest BCUT2D eigenvalue weighted by Crippen LogP contribution is -2.39. The van der Waals surface area contributed by atoms with Crippen LogP contribution in [0.15, 0.2) is 53.5 Å². The van der Waals surface area contributed by atoms with Crippen molar-refractivity contribution in [1.82, 2.24) is 10.6 Å². The van der Waals surface area contributed by atoms with Gasteiger partial charge in [-0.3, -0.25) is 18.6 Å². The molecule has 0 aliphatic carbocycles. The van der Waals surface area contributed by atoms with Gasteiger partial charge in [-0.1, -0.05) is 41.4 Å². The first-order chi connectivity index (χ1) is 15.1. The molecular formula is C20H22N5O6S-. The highest BCUT2D eigenvalue weighted by Crippen LogP contribution is 2.19. The Balaban J connectivity index is 2.05. The van der Waals surface area contributed by atoms with Crippen LogP contribution in [0.2, 0.25) is 0 Å². The van der Waals surface area contributed by atoms with E-state index in [-0.39, 0.29) is 17.3 Å². The molecule has 11 nitrogen and oxygen atoms in total. The summed E-state index contributed by atoms with van der Waals surface area (Å²) in [6.45, 7) is -0.411. The molecule has 0 radical (unpaired) electrons. The average Bonchev–Trinajstić information content (AvgIpc) is 2.70. The molecule has 0 aromatic heterocycles. The summed E-state index contributed by atoms with van der Waals surface area (Å²) in [7, 11) is 0. The number of carboxylic acid groups (broad SMARTS) is 1. The Morgan fingerprint density at radius 3 is 2.50 bits per heavy atom. The topological polar surface area (TPSA) is 200 Å². The van der Waals surface area contributed by atoms with Gasteiger partial charge < -0.3 is 31.8 Å². The molecular weight excluding hydrogens is 438 g/mol. The molecule has 0 saturated heterocycles. The van der Waals surface area contributed by atoms with Crippen LogP contribution < -0.4 is 22.1 Å². The summed E-state index contributed by atoms with van der Waals surface area (Å²) in [5, 5.41) is 14.2. The molecule has 170 valence electrons. The van der Waals surface area contributed by atoms with Gasteiger partial charge in [0.2, 0.25) is 5.91 Å². The number of hydrogen-bond acceptors (Lipinski definition) is 6. The van der Waals surface area contributed by atoms with Gasteiger partial charge in [0.05, 0.1) is 24.7 Å². The molecule has 0 bridgehead atoms. The standard InChI is InChI=1S/C20H23N5O6S/c21-20(22)24-15-6-2-5-14(8-15)19(29)23-10-17(26)25-16(9-18(27)28)13-4-1-3-12(7-13)11-32(30)31/h1-8,16H,9-11H2,(H,23,29)(H,25,26)(H,27,28)(H,30,31)(H4,21,22,24)/p-1. The summed E-state index contributed by atoms with van der Waals surface area (Å²) in [5.41, 5.74) is 12.1. The first-order valence-corrected chi connectivity index (χ1v) is 10.5. The molecule has 7 N–H and O–H groups in total. The fourth-order valence-corrected chi connectivity index (χ4v) is 3.29. The Morgan fingerprint density at radius 2 is 1.84 bits per heavy atom. The van der Waals surface area contributed by atoms with Crippen molar-refractivity contribution in [1.29, 1.82) is 0 Å². The molecule has 2 atom stereocenters. The summed E-state index contributed by atoms with van der Waals surface area (Å²) in [5.74, 6) is -2.74. The van der Waals surface area contributed by atoms with Crippen molar-refractivity contribution < 1.29 is 28.3 Å². The lowest BCUT2D eigenvalue weighted by atomic mass is 10.0. The van der Waals surface area contributed by atoms with Crippen molar-refractivity contribution in [2.75, 3.05) is 6.54 Å². The summed E-state index contributed by atoms with van der Waals surface area (Å²) >= 11 is -2.31. The number of nitrogens with one attached hydrogen (secondary N) is 2. The molecule has 12 heteroatoms. The number of carbonyl (C=O) groups excluding carboxylic acids is 2. The second kappa shape index (κ2) is 11.6. The summed E-state index contributed by atoms with van der Waals surface area (Å²) in [4.78, 5) is 39.7. The molecule has 0 heterocycles. The second-order valence-corrected chi connectivity index (χ2v) is 7.58.